The summed E-state index contributed by atoms with van der Waals surface area (Å²) in [5, 5.41) is 6.21. The Hall–Kier alpha value is -1.51. The van der Waals surface area contributed by atoms with Gasteiger partial charge in [-0.1, -0.05) is 0 Å². The third-order valence-electron chi connectivity index (χ3n) is 4.10. The SMILES string of the molecule is CN(CCCC(=O)NC1CCNCC1)S(=O)(=O)c1ccc(F)cc1. The molecule has 0 aromatic heterocycles. The zero-order chi connectivity index (χ0) is 17.6. The van der Waals surface area contributed by atoms with Crippen LogP contribution < -0.4 is 10.6 Å². The van der Waals surface area contributed by atoms with E-state index in [-0.39, 0.29) is 29.8 Å². The predicted octanol–water partition coefficient (Wildman–Crippen LogP) is 1.09. The highest BCUT2D eigenvalue weighted by Gasteiger charge is 2.21. The maximum Gasteiger partial charge on any atom is 0.242 e. The second kappa shape index (κ2) is 8.55. The van der Waals surface area contributed by atoms with E-state index in [0.717, 1.165) is 38.1 Å². The summed E-state index contributed by atoms with van der Waals surface area (Å²) in [5.74, 6) is -0.527. The number of sulfonamides is 1. The van der Waals surface area contributed by atoms with Gasteiger partial charge in [0.05, 0.1) is 4.90 Å². The first-order chi connectivity index (χ1) is 11.4. The molecule has 1 heterocycles. The first kappa shape index (κ1) is 18.8. The second-order valence-corrected chi connectivity index (χ2v) is 8.02. The van der Waals surface area contributed by atoms with Gasteiger partial charge in [-0.15, -0.1) is 0 Å². The van der Waals surface area contributed by atoms with Gasteiger partial charge in [0, 0.05) is 26.1 Å². The van der Waals surface area contributed by atoms with Crippen molar-refractivity contribution >= 4 is 15.9 Å². The maximum atomic E-state index is 12.9. The monoisotopic (exact) mass is 357 g/mol. The van der Waals surface area contributed by atoms with Crippen LogP contribution in [0.1, 0.15) is 25.7 Å². The number of piperidine rings is 1. The molecular formula is C16H24FN3O3S. The van der Waals surface area contributed by atoms with Crippen molar-refractivity contribution in [2.75, 3.05) is 26.7 Å². The third kappa shape index (κ3) is 5.25. The zero-order valence-electron chi connectivity index (χ0n) is 13.8. The lowest BCUT2D eigenvalue weighted by atomic mass is 10.1. The minimum absolute atomic E-state index is 0.0468. The molecule has 8 heteroatoms. The van der Waals surface area contributed by atoms with E-state index in [2.05, 4.69) is 10.6 Å². The Labute approximate surface area is 142 Å². The van der Waals surface area contributed by atoms with Gasteiger partial charge in [0.15, 0.2) is 0 Å². The molecule has 134 valence electrons. The Morgan fingerprint density at radius 3 is 2.54 bits per heavy atom. The number of hydrogen-bond donors (Lipinski definition) is 2. The van der Waals surface area contributed by atoms with Gasteiger partial charge in [-0.3, -0.25) is 4.79 Å². The van der Waals surface area contributed by atoms with Crippen LogP contribution in [-0.4, -0.2) is 51.4 Å². The number of rotatable bonds is 7. The van der Waals surface area contributed by atoms with E-state index in [1.807, 2.05) is 0 Å². The van der Waals surface area contributed by atoms with Crippen molar-refractivity contribution in [1.82, 2.24) is 14.9 Å². The van der Waals surface area contributed by atoms with Crippen molar-refractivity contribution in [1.29, 1.82) is 0 Å². The lowest BCUT2D eigenvalue weighted by Gasteiger charge is -2.24. The molecule has 0 radical (unpaired) electrons. The summed E-state index contributed by atoms with van der Waals surface area (Å²) in [6, 6.07) is 4.93. The molecule has 1 amide bonds. The molecule has 0 unspecified atom stereocenters. The van der Waals surface area contributed by atoms with Crippen LogP contribution in [0.15, 0.2) is 29.2 Å². The van der Waals surface area contributed by atoms with Crippen LogP contribution in [-0.2, 0) is 14.8 Å². The van der Waals surface area contributed by atoms with Crippen molar-refractivity contribution in [2.24, 2.45) is 0 Å². The number of carbonyl (C=O) groups is 1. The van der Waals surface area contributed by atoms with Crippen LogP contribution in [0.2, 0.25) is 0 Å². The molecule has 0 spiro atoms. The lowest BCUT2D eigenvalue weighted by molar-refractivity contribution is -0.122. The molecule has 6 nitrogen and oxygen atoms in total. The topological polar surface area (TPSA) is 78.5 Å². The summed E-state index contributed by atoms with van der Waals surface area (Å²) in [4.78, 5) is 12.0. The summed E-state index contributed by atoms with van der Waals surface area (Å²) < 4.78 is 38.8. The highest BCUT2D eigenvalue weighted by atomic mass is 32.2. The van der Waals surface area contributed by atoms with Crippen molar-refractivity contribution in [3.63, 3.8) is 0 Å². The maximum absolute atomic E-state index is 12.9. The first-order valence-electron chi connectivity index (χ1n) is 8.11. The molecule has 0 aliphatic carbocycles. The van der Waals surface area contributed by atoms with E-state index in [0.29, 0.717) is 6.42 Å². The molecule has 1 saturated heterocycles. The van der Waals surface area contributed by atoms with Gasteiger partial charge in [0.2, 0.25) is 15.9 Å². The molecule has 0 bridgehead atoms. The van der Waals surface area contributed by atoms with E-state index in [1.165, 1.54) is 23.5 Å². The average Bonchev–Trinajstić information content (AvgIpc) is 2.56. The summed E-state index contributed by atoms with van der Waals surface area (Å²) in [7, 11) is -2.19. The Morgan fingerprint density at radius 2 is 1.92 bits per heavy atom. The number of hydrogen-bond acceptors (Lipinski definition) is 4. The summed E-state index contributed by atoms with van der Waals surface area (Å²) in [6.45, 7) is 2.05. The van der Waals surface area contributed by atoms with Gasteiger partial charge in [0.25, 0.3) is 0 Å². The van der Waals surface area contributed by atoms with E-state index >= 15 is 0 Å². The number of halogens is 1. The average molecular weight is 357 g/mol. The molecule has 1 aromatic carbocycles. The van der Waals surface area contributed by atoms with Crippen molar-refractivity contribution in [3.8, 4) is 0 Å². The highest BCUT2D eigenvalue weighted by Crippen LogP contribution is 2.15. The summed E-state index contributed by atoms with van der Waals surface area (Å²) in [6.07, 6.45) is 2.57. The van der Waals surface area contributed by atoms with E-state index < -0.39 is 15.8 Å². The molecule has 2 N–H and O–H groups in total. The van der Waals surface area contributed by atoms with Gasteiger partial charge in [0.1, 0.15) is 5.82 Å². The van der Waals surface area contributed by atoms with Crippen LogP contribution in [0.25, 0.3) is 0 Å². The Morgan fingerprint density at radius 1 is 1.29 bits per heavy atom. The molecule has 0 saturated carbocycles. The quantitative estimate of drug-likeness (QED) is 0.766. The molecule has 24 heavy (non-hydrogen) atoms. The fourth-order valence-electron chi connectivity index (χ4n) is 2.64. The smallest absolute Gasteiger partial charge is 0.242 e. The molecular weight excluding hydrogens is 333 g/mol. The standard InChI is InChI=1S/C16H24FN3O3S/c1-20(24(22,23)15-6-4-13(17)5-7-15)12-2-3-16(21)19-14-8-10-18-11-9-14/h4-7,14,18H,2-3,8-12H2,1H3,(H,19,21). The second-order valence-electron chi connectivity index (χ2n) is 5.98. The molecule has 0 atom stereocenters. The van der Waals surface area contributed by atoms with Crippen LogP contribution in [0.5, 0.6) is 0 Å². The van der Waals surface area contributed by atoms with Crippen LogP contribution >= 0.6 is 0 Å². The van der Waals surface area contributed by atoms with Gasteiger partial charge in [-0.05, 0) is 56.6 Å². The minimum Gasteiger partial charge on any atom is -0.353 e. The highest BCUT2D eigenvalue weighted by molar-refractivity contribution is 7.89. The Kier molecular flexibility index (Phi) is 6.70. The lowest BCUT2D eigenvalue weighted by Crippen LogP contribution is -2.42. The molecule has 1 aliphatic rings. The number of nitrogens with zero attached hydrogens (tertiary/aromatic N) is 1. The van der Waals surface area contributed by atoms with Crippen LogP contribution in [0.3, 0.4) is 0 Å². The molecule has 1 aliphatic heterocycles. The minimum atomic E-state index is -3.65. The summed E-state index contributed by atoms with van der Waals surface area (Å²) >= 11 is 0. The summed E-state index contributed by atoms with van der Waals surface area (Å²) in [5.41, 5.74) is 0. The van der Waals surface area contributed by atoms with Gasteiger partial charge >= 0.3 is 0 Å². The van der Waals surface area contributed by atoms with Gasteiger partial charge in [-0.25, -0.2) is 17.1 Å². The Bertz CT molecular complexity index is 643. The normalized spacial score (nSPS) is 16.3. The largest absolute Gasteiger partial charge is 0.353 e. The van der Waals surface area contributed by atoms with E-state index in [1.54, 1.807) is 0 Å². The number of benzene rings is 1. The van der Waals surface area contributed by atoms with Crippen LogP contribution in [0, 0.1) is 5.82 Å². The fourth-order valence-corrected chi connectivity index (χ4v) is 3.84. The van der Waals surface area contributed by atoms with E-state index in [9.17, 15) is 17.6 Å². The number of nitrogens with one attached hydrogen (secondary N) is 2. The van der Waals surface area contributed by atoms with Crippen LogP contribution in [0.4, 0.5) is 4.39 Å². The third-order valence-corrected chi connectivity index (χ3v) is 5.97. The Balaban J connectivity index is 1.78. The van der Waals surface area contributed by atoms with Gasteiger partial charge < -0.3 is 10.6 Å². The molecule has 1 aromatic rings. The van der Waals surface area contributed by atoms with E-state index in [4.69, 9.17) is 0 Å². The van der Waals surface area contributed by atoms with Crippen molar-refractivity contribution in [2.45, 2.75) is 36.6 Å². The number of amides is 1. The van der Waals surface area contributed by atoms with Crippen molar-refractivity contribution < 1.29 is 17.6 Å². The predicted molar refractivity (Wildman–Crippen MR) is 89.5 cm³/mol. The molecule has 1 fully saturated rings. The van der Waals surface area contributed by atoms with Gasteiger partial charge in [-0.2, -0.15) is 0 Å². The first-order valence-corrected chi connectivity index (χ1v) is 9.55. The zero-order valence-corrected chi connectivity index (χ0v) is 14.6. The fraction of sp³-hybridized carbons (Fsp3) is 0.562. The van der Waals surface area contributed by atoms with Crippen molar-refractivity contribution in [3.05, 3.63) is 30.1 Å². The number of carbonyl (C=O) groups excluding carboxylic acids is 1. The molecule has 2 rings (SSSR count).